The zero-order chi connectivity index (χ0) is 13.8. The van der Waals surface area contributed by atoms with Gasteiger partial charge in [0.05, 0.1) is 39.1 Å². The third kappa shape index (κ3) is 9.84. The summed E-state index contributed by atoms with van der Waals surface area (Å²) in [6.45, 7) is 6.46. The van der Waals surface area contributed by atoms with Crippen molar-refractivity contribution in [2.75, 3.05) is 52.7 Å². The summed E-state index contributed by atoms with van der Waals surface area (Å²) in [7, 11) is 0. The fourth-order valence-electron chi connectivity index (χ4n) is 1.80. The Morgan fingerprint density at radius 2 is 1.58 bits per heavy atom. The van der Waals surface area contributed by atoms with Crippen LogP contribution in [0.5, 0.6) is 0 Å². The Balaban J connectivity index is 1.74. The van der Waals surface area contributed by atoms with Crippen molar-refractivity contribution in [3.05, 3.63) is 0 Å². The molecule has 6 heteroatoms. The van der Waals surface area contributed by atoms with E-state index in [-0.39, 0.29) is 5.97 Å². The summed E-state index contributed by atoms with van der Waals surface area (Å²) in [5, 5.41) is 3.30. The predicted molar refractivity (Wildman–Crippen MR) is 70.1 cm³/mol. The van der Waals surface area contributed by atoms with E-state index >= 15 is 0 Å². The lowest BCUT2D eigenvalue weighted by molar-refractivity contribution is -0.142. The summed E-state index contributed by atoms with van der Waals surface area (Å²) in [6.07, 6.45) is 2.54. The van der Waals surface area contributed by atoms with Crippen molar-refractivity contribution in [2.45, 2.75) is 25.9 Å². The van der Waals surface area contributed by atoms with Crippen LogP contribution in [0.4, 0.5) is 0 Å². The summed E-state index contributed by atoms with van der Waals surface area (Å²) in [5.41, 5.74) is 0. The molecule has 0 atom stereocenters. The highest BCUT2D eigenvalue weighted by Gasteiger charge is 2.12. The predicted octanol–water partition coefficient (Wildman–Crippen LogP) is 0.351. The zero-order valence-electron chi connectivity index (χ0n) is 11.7. The molecule has 0 aromatic carbocycles. The van der Waals surface area contributed by atoms with Crippen LogP contribution in [0, 0.1) is 0 Å². The van der Waals surface area contributed by atoms with Crippen LogP contribution in [0.25, 0.3) is 0 Å². The van der Waals surface area contributed by atoms with E-state index in [1.807, 2.05) is 0 Å². The lowest BCUT2D eigenvalue weighted by Crippen LogP contribution is -2.33. The molecule has 0 radical (unpaired) electrons. The van der Waals surface area contributed by atoms with Crippen molar-refractivity contribution >= 4 is 5.97 Å². The highest BCUT2D eigenvalue weighted by atomic mass is 16.6. The van der Waals surface area contributed by atoms with Crippen molar-refractivity contribution in [3.63, 3.8) is 0 Å². The number of nitrogens with one attached hydrogen (secondary N) is 1. The minimum absolute atomic E-state index is 0.282. The average molecular weight is 275 g/mol. The smallest absolute Gasteiger partial charge is 0.302 e. The second-order valence-corrected chi connectivity index (χ2v) is 4.38. The molecule has 1 heterocycles. The molecule has 0 unspecified atom stereocenters. The molecule has 112 valence electrons. The first-order valence-electron chi connectivity index (χ1n) is 6.90. The minimum atomic E-state index is -0.282. The Labute approximate surface area is 114 Å². The molecule has 19 heavy (non-hydrogen) atoms. The van der Waals surface area contributed by atoms with Crippen LogP contribution in [0.1, 0.15) is 19.8 Å². The molecule has 0 bridgehead atoms. The third-order valence-corrected chi connectivity index (χ3v) is 2.77. The fourth-order valence-corrected chi connectivity index (χ4v) is 1.80. The van der Waals surface area contributed by atoms with Gasteiger partial charge in [-0.05, 0) is 25.9 Å². The van der Waals surface area contributed by atoms with Gasteiger partial charge >= 0.3 is 5.97 Å². The van der Waals surface area contributed by atoms with Crippen LogP contribution in [0.3, 0.4) is 0 Å². The molecule has 0 amide bonds. The molecule has 0 spiro atoms. The summed E-state index contributed by atoms with van der Waals surface area (Å²) in [6, 6.07) is 0. The van der Waals surface area contributed by atoms with Crippen molar-refractivity contribution in [1.29, 1.82) is 0 Å². The third-order valence-electron chi connectivity index (χ3n) is 2.77. The number of carbonyl (C=O) groups excluding carboxylic acids is 1. The molecule has 0 aliphatic carbocycles. The van der Waals surface area contributed by atoms with Crippen LogP contribution < -0.4 is 5.32 Å². The molecule has 1 rings (SSSR count). The quantitative estimate of drug-likeness (QED) is 0.458. The van der Waals surface area contributed by atoms with Gasteiger partial charge in [0.2, 0.25) is 0 Å². The zero-order valence-corrected chi connectivity index (χ0v) is 11.7. The van der Waals surface area contributed by atoms with Gasteiger partial charge < -0.3 is 24.3 Å². The van der Waals surface area contributed by atoms with Gasteiger partial charge in [-0.2, -0.15) is 0 Å². The Hall–Kier alpha value is -0.690. The molecular weight excluding hydrogens is 250 g/mol. The van der Waals surface area contributed by atoms with Gasteiger partial charge in [0.25, 0.3) is 0 Å². The van der Waals surface area contributed by atoms with Crippen LogP contribution in [-0.2, 0) is 23.7 Å². The standard InChI is InChI=1S/C13H25NO5/c1-12(15)18-10-8-16-6-7-17-9-11-19-13-2-4-14-5-3-13/h13-14H,2-11H2,1H3. The van der Waals surface area contributed by atoms with Gasteiger partial charge in [-0.1, -0.05) is 0 Å². The van der Waals surface area contributed by atoms with Crippen molar-refractivity contribution in [3.8, 4) is 0 Å². The molecule has 1 aliphatic heterocycles. The number of carbonyl (C=O) groups is 1. The van der Waals surface area contributed by atoms with E-state index < -0.39 is 0 Å². The number of hydrogen-bond acceptors (Lipinski definition) is 6. The van der Waals surface area contributed by atoms with E-state index in [4.69, 9.17) is 18.9 Å². The van der Waals surface area contributed by atoms with Gasteiger partial charge in [-0.3, -0.25) is 4.79 Å². The number of esters is 1. The maximum absolute atomic E-state index is 10.5. The second kappa shape index (κ2) is 11.2. The lowest BCUT2D eigenvalue weighted by atomic mass is 10.1. The summed E-state index contributed by atoms with van der Waals surface area (Å²) >= 11 is 0. The molecule has 0 aromatic rings. The maximum Gasteiger partial charge on any atom is 0.302 e. The van der Waals surface area contributed by atoms with Crippen molar-refractivity contribution < 1.29 is 23.7 Å². The summed E-state index contributed by atoms with van der Waals surface area (Å²) in [5.74, 6) is -0.282. The first kappa shape index (κ1) is 16.4. The van der Waals surface area contributed by atoms with Crippen molar-refractivity contribution in [1.82, 2.24) is 5.32 Å². The first-order chi connectivity index (χ1) is 9.29. The fraction of sp³-hybridized carbons (Fsp3) is 0.923. The number of hydrogen-bond donors (Lipinski definition) is 1. The number of piperidine rings is 1. The highest BCUT2D eigenvalue weighted by molar-refractivity contribution is 5.65. The SMILES string of the molecule is CC(=O)OCCOCCOCCOC1CCNCC1. The Bertz CT molecular complexity index is 231. The average Bonchev–Trinajstić information content (AvgIpc) is 2.42. The highest BCUT2D eigenvalue weighted by Crippen LogP contribution is 2.06. The number of rotatable bonds is 10. The Morgan fingerprint density at radius 1 is 1.00 bits per heavy atom. The van der Waals surface area contributed by atoms with Crippen molar-refractivity contribution in [2.24, 2.45) is 0 Å². The normalized spacial score (nSPS) is 16.5. The van der Waals surface area contributed by atoms with Crippen LogP contribution in [0.15, 0.2) is 0 Å². The van der Waals surface area contributed by atoms with E-state index in [0.29, 0.717) is 45.7 Å². The summed E-state index contributed by atoms with van der Waals surface area (Å²) < 4.78 is 21.0. The van der Waals surface area contributed by atoms with Gasteiger partial charge in [0, 0.05) is 6.92 Å². The molecule has 1 saturated heterocycles. The lowest BCUT2D eigenvalue weighted by Gasteiger charge is -2.22. The Morgan fingerprint density at radius 3 is 2.21 bits per heavy atom. The summed E-state index contributed by atoms with van der Waals surface area (Å²) in [4.78, 5) is 10.5. The van der Waals surface area contributed by atoms with Crippen LogP contribution >= 0.6 is 0 Å². The van der Waals surface area contributed by atoms with Crippen LogP contribution in [-0.4, -0.2) is 64.8 Å². The minimum Gasteiger partial charge on any atom is -0.463 e. The largest absolute Gasteiger partial charge is 0.463 e. The van der Waals surface area contributed by atoms with Crippen LogP contribution in [0.2, 0.25) is 0 Å². The molecule has 1 fully saturated rings. The molecule has 1 aliphatic rings. The Kier molecular flexibility index (Phi) is 9.61. The maximum atomic E-state index is 10.5. The molecule has 0 saturated carbocycles. The van der Waals surface area contributed by atoms with Gasteiger partial charge in [0.15, 0.2) is 0 Å². The monoisotopic (exact) mass is 275 g/mol. The molecule has 0 aromatic heterocycles. The van der Waals surface area contributed by atoms with Gasteiger partial charge in [-0.15, -0.1) is 0 Å². The number of ether oxygens (including phenoxy) is 4. The van der Waals surface area contributed by atoms with E-state index in [9.17, 15) is 4.79 Å². The van der Waals surface area contributed by atoms with E-state index in [1.54, 1.807) is 0 Å². The van der Waals surface area contributed by atoms with Gasteiger partial charge in [0.1, 0.15) is 6.61 Å². The van der Waals surface area contributed by atoms with E-state index in [1.165, 1.54) is 6.92 Å². The molecule has 6 nitrogen and oxygen atoms in total. The van der Waals surface area contributed by atoms with E-state index in [0.717, 1.165) is 25.9 Å². The molecule has 1 N–H and O–H groups in total. The van der Waals surface area contributed by atoms with E-state index in [2.05, 4.69) is 5.32 Å². The first-order valence-corrected chi connectivity index (χ1v) is 6.90. The van der Waals surface area contributed by atoms with Gasteiger partial charge in [-0.25, -0.2) is 0 Å². The topological polar surface area (TPSA) is 66.0 Å². The molecular formula is C13H25NO5. The second-order valence-electron chi connectivity index (χ2n) is 4.38.